The summed E-state index contributed by atoms with van der Waals surface area (Å²) in [5, 5.41) is -0.376. The van der Waals surface area contributed by atoms with Crippen LogP contribution in [0.1, 0.15) is 31.4 Å². The molecule has 2 atom stereocenters. The van der Waals surface area contributed by atoms with Crippen LogP contribution in [0.4, 0.5) is 19.0 Å². The lowest BCUT2D eigenvalue weighted by Crippen LogP contribution is -2.53. The summed E-state index contributed by atoms with van der Waals surface area (Å²) in [6.45, 7) is 1.01. The highest BCUT2D eigenvalue weighted by molar-refractivity contribution is 6.28. The minimum Gasteiger partial charge on any atom is -0.374 e. The topological polar surface area (TPSA) is 38.2 Å². The summed E-state index contributed by atoms with van der Waals surface area (Å²) in [6.07, 6.45) is -0.492. The van der Waals surface area contributed by atoms with Gasteiger partial charge in [-0.05, 0) is 24.4 Å². The van der Waals surface area contributed by atoms with E-state index in [4.69, 9.17) is 16.3 Å². The molecule has 2 unspecified atom stereocenters. The number of nitrogens with zero attached hydrogens (tertiary/aromatic N) is 3. The molecule has 1 aromatic heterocycles. The Hall–Kier alpha value is -1.08. The van der Waals surface area contributed by atoms with Crippen LogP contribution in [0.2, 0.25) is 5.28 Å². The van der Waals surface area contributed by atoms with Gasteiger partial charge >= 0.3 is 6.18 Å². The molecule has 0 radical (unpaired) electrons. The lowest BCUT2D eigenvalue weighted by Gasteiger charge is -2.44. The summed E-state index contributed by atoms with van der Waals surface area (Å²) < 4.78 is 44.3. The van der Waals surface area contributed by atoms with Crippen LogP contribution >= 0.6 is 11.6 Å². The van der Waals surface area contributed by atoms with Gasteiger partial charge in [0.1, 0.15) is 5.82 Å². The lowest BCUT2D eigenvalue weighted by atomic mass is 9.90. The summed E-state index contributed by atoms with van der Waals surface area (Å²) in [4.78, 5) is 9.15. The summed E-state index contributed by atoms with van der Waals surface area (Å²) in [5.74, 6) is 0.238. The van der Waals surface area contributed by atoms with Gasteiger partial charge in [0.2, 0.25) is 5.28 Å². The maximum absolute atomic E-state index is 12.9. The van der Waals surface area contributed by atoms with E-state index in [1.807, 2.05) is 4.90 Å². The van der Waals surface area contributed by atoms with Crippen molar-refractivity contribution in [2.45, 2.75) is 44.0 Å². The Morgan fingerprint density at radius 2 is 2.00 bits per heavy atom. The molecule has 4 nitrogen and oxygen atoms in total. The molecule has 1 aliphatic carbocycles. The monoisotopic (exact) mass is 321 g/mol. The van der Waals surface area contributed by atoms with Crippen molar-refractivity contribution in [3.05, 3.63) is 17.0 Å². The van der Waals surface area contributed by atoms with Crippen molar-refractivity contribution in [1.82, 2.24) is 9.97 Å². The quantitative estimate of drug-likeness (QED) is 0.744. The van der Waals surface area contributed by atoms with E-state index >= 15 is 0 Å². The Morgan fingerprint density at radius 3 is 2.76 bits per heavy atom. The number of rotatable bonds is 1. The zero-order chi connectivity index (χ0) is 15.0. The smallest absolute Gasteiger partial charge is 0.374 e. The minimum absolute atomic E-state index is 0.0653. The molecule has 8 heteroatoms. The number of hydrogen-bond donors (Lipinski definition) is 0. The third-order valence-corrected chi connectivity index (χ3v) is 4.17. The van der Waals surface area contributed by atoms with Gasteiger partial charge < -0.3 is 9.64 Å². The first kappa shape index (κ1) is 14.8. The van der Waals surface area contributed by atoms with Gasteiger partial charge in [0, 0.05) is 12.6 Å². The van der Waals surface area contributed by atoms with Gasteiger partial charge in [-0.3, -0.25) is 0 Å². The van der Waals surface area contributed by atoms with Crippen molar-refractivity contribution in [3.63, 3.8) is 0 Å². The van der Waals surface area contributed by atoms with Crippen molar-refractivity contribution >= 4 is 17.4 Å². The second-order valence-electron chi connectivity index (χ2n) is 5.33. The van der Waals surface area contributed by atoms with Crippen molar-refractivity contribution in [2.24, 2.45) is 0 Å². The fourth-order valence-electron chi connectivity index (χ4n) is 3.08. The number of ether oxygens (including phenoxy) is 1. The third-order valence-electron chi connectivity index (χ3n) is 4.00. The fraction of sp³-hybridized carbons (Fsp3) is 0.692. The zero-order valence-electron chi connectivity index (χ0n) is 11.2. The molecule has 1 aliphatic heterocycles. The van der Waals surface area contributed by atoms with Crippen molar-refractivity contribution in [2.75, 3.05) is 18.1 Å². The molecule has 0 amide bonds. The molecule has 0 spiro atoms. The van der Waals surface area contributed by atoms with Gasteiger partial charge in [-0.15, -0.1) is 0 Å². The largest absolute Gasteiger partial charge is 0.433 e. The number of alkyl halides is 3. The highest BCUT2D eigenvalue weighted by Gasteiger charge is 2.38. The van der Waals surface area contributed by atoms with E-state index in [2.05, 4.69) is 9.97 Å². The first-order valence-electron chi connectivity index (χ1n) is 6.95. The zero-order valence-corrected chi connectivity index (χ0v) is 12.0. The molecule has 0 N–H and O–H groups in total. The molecular formula is C13H15ClF3N3O. The molecule has 2 aliphatic rings. The Morgan fingerprint density at radius 1 is 1.24 bits per heavy atom. The van der Waals surface area contributed by atoms with Crippen LogP contribution < -0.4 is 4.90 Å². The van der Waals surface area contributed by atoms with Gasteiger partial charge in [-0.1, -0.05) is 12.8 Å². The number of anilines is 1. The Bertz CT molecular complexity index is 524. The van der Waals surface area contributed by atoms with E-state index in [0.717, 1.165) is 31.7 Å². The first-order chi connectivity index (χ1) is 9.95. The van der Waals surface area contributed by atoms with Gasteiger partial charge in [0.25, 0.3) is 0 Å². The maximum Gasteiger partial charge on any atom is 0.433 e. The van der Waals surface area contributed by atoms with Crippen molar-refractivity contribution in [1.29, 1.82) is 0 Å². The maximum atomic E-state index is 12.9. The molecular weight excluding hydrogens is 307 g/mol. The molecule has 116 valence electrons. The van der Waals surface area contributed by atoms with Crippen molar-refractivity contribution in [3.8, 4) is 0 Å². The van der Waals surface area contributed by atoms with Crippen LogP contribution in [-0.4, -0.2) is 35.3 Å². The van der Waals surface area contributed by atoms with Gasteiger partial charge in [-0.2, -0.15) is 13.2 Å². The van der Waals surface area contributed by atoms with E-state index in [-0.39, 0.29) is 23.2 Å². The summed E-state index contributed by atoms with van der Waals surface area (Å²) >= 11 is 5.67. The van der Waals surface area contributed by atoms with Crippen LogP contribution in [0.5, 0.6) is 0 Å². The van der Waals surface area contributed by atoms with Crippen LogP contribution in [0, 0.1) is 0 Å². The predicted octanol–water partition coefficient (Wildman–Crippen LogP) is 3.30. The Balaban J connectivity index is 1.93. The van der Waals surface area contributed by atoms with Gasteiger partial charge in [0.05, 0.1) is 18.8 Å². The highest BCUT2D eigenvalue weighted by Crippen LogP contribution is 2.34. The predicted molar refractivity (Wildman–Crippen MR) is 71.4 cm³/mol. The van der Waals surface area contributed by atoms with E-state index in [1.165, 1.54) is 0 Å². The molecule has 1 saturated heterocycles. The third kappa shape index (κ3) is 3.08. The minimum atomic E-state index is -4.53. The lowest BCUT2D eigenvalue weighted by molar-refractivity contribution is -0.141. The number of morpholine rings is 1. The Kier molecular flexibility index (Phi) is 3.96. The normalized spacial score (nSPS) is 26.6. The van der Waals surface area contributed by atoms with Crippen LogP contribution in [-0.2, 0) is 10.9 Å². The van der Waals surface area contributed by atoms with Crippen LogP contribution in [0.3, 0.4) is 0 Å². The van der Waals surface area contributed by atoms with E-state index in [0.29, 0.717) is 13.2 Å². The average Bonchev–Trinajstić information content (AvgIpc) is 2.45. The molecule has 1 saturated carbocycles. The number of fused-ring (bicyclic) bond motifs is 1. The molecule has 2 fully saturated rings. The fourth-order valence-corrected chi connectivity index (χ4v) is 3.26. The SMILES string of the molecule is FC(F)(F)c1cc(N2CCOC3CCCCC32)nc(Cl)n1. The van der Waals surface area contributed by atoms with E-state index in [1.54, 1.807) is 0 Å². The molecule has 0 bridgehead atoms. The molecule has 1 aromatic rings. The number of aromatic nitrogens is 2. The highest BCUT2D eigenvalue weighted by atomic mass is 35.5. The summed E-state index contributed by atoms with van der Waals surface area (Å²) in [6, 6.07) is 1.04. The standard InChI is InChI=1S/C13H15ClF3N3O/c14-12-18-10(13(15,16)17)7-11(19-12)20-5-6-21-9-4-2-1-3-8(9)20/h7-9H,1-6H2. The van der Waals surface area contributed by atoms with Crippen molar-refractivity contribution < 1.29 is 17.9 Å². The summed E-state index contributed by atoms with van der Waals surface area (Å²) in [5.41, 5.74) is -1.00. The van der Waals surface area contributed by atoms with Crippen LogP contribution in [0.25, 0.3) is 0 Å². The summed E-state index contributed by atoms with van der Waals surface area (Å²) in [7, 11) is 0. The number of halogens is 4. The van der Waals surface area contributed by atoms with Crippen LogP contribution in [0.15, 0.2) is 6.07 Å². The number of hydrogen-bond acceptors (Lipinski definition) is 4. The Labute approximate surface area is 125 Å². The second kappa shape index (κ2) is 5.61. The first-order valence-corrected chi connectivity index (χ1v) is 7.33. The molecule has 0 aromatic carbocycles. The molecule has 21 heavy (non-hydrogen) atoms. The second-order valence-corrected chi connectivity index (χ2v) is 5.67. The molecule has 3 rings (SSSR count). The average molecular weight is 322 g/mol. The van der Waals surface area contributed by atoms with Gasteiger partial charge in [-0.25, -0.2) is 9.97 Å². The van der Waals surface area contributed by atoms with E-state index < -0.39 is 11.9 Å². The van der Waals surface area contributed by atoms with E-state index in [9.17, 15) is 13.2 Å². The molecule has 2 heterocycles. The van der Waals surface area contributed by atoms with Gasteiger partial charge in [0.15, 0.2) is 5.69 Å².